The molecular weight excluding hydrogens is 262 g/mol. The molecule has 0 saturated carbocycles. The number of thioether (sulfide) groups is 1. The Morgan fingerprint density at radius 3 is 2.88 bits per heavy atom. The van der Waals surface area contributed by atoms with Gasteiger partial charge in [0.15, 0.2) is 0 Å². The van der Waals surface area contributed by atoms with Crippen molar-refractivity contribution in [3.63, 3.8) is 0 Å². The van der Waals surface area contributed by atoms with E-state index >= 15 is 0 Å². The van der Waals surface area contributed by atoms with Crippen molar-refractivity contribution < 1.29 is 19.5 Å². The number of hydrogen-bond donors (Lipinski definition) is 1. The van der Waals surface area contributed by atoms with Gasteiger partial charge in [0.2, 0.25) is 5.91 Å². The van der Waals surface area contributed by atoms with E-state index in [-0.39, 0.29) is 22.6 Å². The number of carboxylic acid groups (broad SMARTS) is 1. The molecule has 17 heavy (non-hydrogen) atoms. The highest BCUT2D eigenvalue weighted by Crippen LogP contribution is 2.24. The quantitative estimate of drug-likeness (QED) is 0.910. The van der Waals surface area contributed by atoms with Gasteiger partial charge in [-0.05, 0) is 17.0 Å². The Balaban J connectivity index is 2.19. The molecule has 5 nitrogen and oxygen atoms in total. The second kappa shape index (κ2) is 4.89. The van der Waals surface area contributed by atoms with Gasteiger partial charge in [-0.2, -0.15) is 0 Å². The zero-order chi connectivity index (χ0) is 12.4. The van der Waals surface area contributed by atoms with Crippen LogP contribution in [0.2, 0.25) is 0 Å². The number of carbonyl (C=O) groups excluding carboxylic acids is 2. The molecule has 0 bridgehead atoms. The molecule has 1 aliphatic rings. The monoisotopic (exact) mass is 271 g/mol. The van der Waals surface area contributed by atoms with Crippen molar-refractivity contribution in [2.45, 2.75) is 13.0 Å². The lowest BCUT2D eigenvalue weighted by atomic mass is 10.2. The fourth-order valence-corrected chi connectivity index (χ4v) is 3.04. The van der Waals surface area contributed by atoms with Crippen LogP contribution in [-0.2, 0) is 11.3 Å². The Kier molecular flexibility index (Phi) is 3.49. The first-order valence-electron chi connectivity index (χ1n) is 4.86. The van der Waals surface area contributed by atoms with E-state index in [1.807, 2.05) is 0 Å². The number of carbonyl (C=O) groups is 3. The normalized spacial score (nSPS) is 16.4. The van der Waals surface area contributed by atoms with Crippen molar-refractivity contribution in [3.05, 3.63) is 21.9 Å². The predicted octanol–water partition coefficient (Wildman–Crippen LogP) is 2.03. The number of hydrogen-bond acceptors (Lipinski definition) is 5. The molecule has 0 spiro atoms. The second-order valence-electron chi connectivity index (χ2n) is 3.42. The number of rotatable bonds is 3. The first-order valence-corrected chi connectivity index (χ1v) is 6.73. The van der Waals surface area contributed by atoms with Crippen molar-refractivity contribution in [1.29, 1.82) is 0 Å². The predicted molar refractivity (Wildman–Crippen MR) is 64.3 cm³/mol. The van der Waals surface area contributed by atoms with E-state index in [4.69, 9.17) is 5.11 Å². The van der Waals surface area contributed by atoms with Crippen molar-refractivity contribution in [2.24, 2.45) is 0 Å². The third-order valence-corrected chi connectivity index (χ3v) is 4.15. The van der Waals surface area contributed by atoms with Crippen molar-refractivity contribution >= 4 is 40.2 Å². The summed E-state index contributed by atoms with van der Waals surface area (Å²) in [4.78, 5) is 35.3. The molecule has 2 rings (SSSR count). The fourth-order valence-electron chi connectivity index (χ4n) is 1.51. The van der Waals surface area contributed by atoms with Gasteiger partial charge in [-0.25, -0.2) is 4.79 Å². The van der Waals surface area contributed by atoms with E-state index in [0.29, 0.717) is 17.7 Å². The van der Waals surface area contributed by atoms with E-state index < -0.39 is 5.97 Å². The van der Waals surface area contributed by atoms with Gasteiger partial charge < -0.3 is 5.11 Å². The minimum absolute atomic E-state index is 0.0514. The average molecular weight is 271 g/mol. The van der Waals surface area contributed by atoms with Gasteiger partial charge in [-0.1, -0.05) is 11.8 Å². The number of thiophene rings is 1. The first kappa shape index (κ1) is 12.1. The molecule has 0 radical (unpaired) electrons. The van der Waals surface area contributed by atoms with Gasteiger partial charge in [0.05, 0.1) is 6.54 Å². The summed E-state index contributed by atoms with van der Waals surface area (Å²) < 4.78 is 0. The number of imide groups is 1. The maximum Gasteiger partial charge on any atom is 0.346 e. The van der Waals surface area contributed by atoms with Gasteiger partial charge in [0.1, 0.15) is 4.88 Å². The largest absolute Gasteiger partial charge is 0.477 e. The summed E-state index contributed by atoms with van der Waals surface area (Å²) in [5.74, 6) is -0.764. The molecule has 0 aromatic carbocycles. The Morgan fingerprint density at radius 1 is 1.47 bits per heavy atom. The molecule has 0 aliphatic carbocycles. The Bertz CT molecular complexity index is 466. The molecule has 0 unspecified atom stereocenters. The number of amides is 2. The van der Waals surface area contributed by atoms with Gasteiger partial charge in [0.25, 0.3) is 5.24 Å². The summed E-state index contributed by atoms with van der Waals surface area (Å²) in [5.41, 5.74) is 0.506. The van der Waals surface area contributed by atoms with Crippen LogP contribution in [0.3, 0.4) is 0 Å². The van der Waals surface area contributed by atoms with E-state index in [1.54, 1.807) is 11.4 Å². The van der Waals surface area contributed by atoms with Crippen LogP contribution >= 0.6 is 23.1 Å². The van der Waals surface area contributed by atoms with Crippen LogP contribution in [0.25, 0.3) is 0 Å². The molecule has 1 aromatic rings. The van der Waals surface area contributed by atoms with Crippen LogP contribution in [0.5, 0.6) is 0 Å². The Morgan fingerprint density at radius 2 is 2.24 bits per heavy atom. The van der Waals surface area contributed by atoms with Crippen LogP contribution in [0.4, 0.5) is 4.79 Å². The second-order valence-corrected chi connectivity index (χ2v) is 5.39. The highest BCUT2D eigenvalue weighted by atomic mass is 32.2. The number of aromatic carboxylic acids is 1. The average Bonchev–Trinajstić information content (AvgIpc) is 2.72. The number of nitrogens with zero attached hydrogens (tertiary/aromatic N) is 1. The molecule has 1 aliphatic heterocycles. The van der Waals surface area contributed by atoms with E-state index in [0.717, 1.165) is 28.0 Å². The van der Waals surface area contributed by atoms with Crippen LogP contribution in [0, 0.1) is 0 Å². The smallest absolute Gasteiger partial charge is 0.346 e. The maximum absolute atomic E-state index is 11.6. The van der Waals surface area contributed by atoms with Gasteiger partial charge >= 0.3 is 5.97 Å². The lowest BCUT2D eigenvalue weighted by molar-refractivity contribution is -0.128. The molecule has 1 fully saturated rings. The van der Waals surface area contributed by atoms with Crippen LogP contribution < -0.4 is 0 Å². The number of carboxylic acids is 1. The molecule has 7 heteroatoms. The van der Waals surface area contributed by atoms with E-state index in [9.17, 15) is 14.4 Å². The summed E-state index contributed by atoms with van der Waals surface area (Å²) >= 11 is 2.18. The maximum atomic E-state index is 11.6. The SMILES string of the molecule is O=C(O)c1sccc1CN1C(=O)CCSC1=O. The summed E-state index contributed by atoms with van der Waals surface area (Å²) in [5, 5.41) is 10.3. The van der Waals surface area contributed by atoms with Gasteiger partial charge in [0, 0.05) is 12.2 Å². The molecule has 1 aromatic heterocycles. The third-order valence-electron chi connectivity index (χ3n) is 2.33. The van der Waals surface area contributed by atoms with Crippen LogP contribution in [0.1, 0.15) is 21.7 Å². The highest BCUT2D eigenvalue weighted by molar-refractivity contribution is 8.13. The molecule has 90 valence electrons. The molecule has 0 atom stereocenters. The standard InChI is InChI=1S/C10H9NO4S2/c12-7-2-4-17-10(15)11(7)5-6-1-3-16-8(6)9(13)14/h1,3H,2,4-5H2,(H,13,14). The van der Waals surface area contributed by atoms with Gasteiger partial charge in [-0.15, -0.1) is 11.3 Å². The molecular formula is C10H9NO4S2. The Hall–Kier alpha value is -1.34. The van der Waals surface area contributed by atoms with Crippen LogP contribution in [0.15, 0.2) is 11.4 Å². The van der Waals surface area contributed by atoms with E-state index in [1.165, 1.54) is 0 Å². The van der Waals surface area contributed by atoms with Crippen LogP contribution in [-0.4, -0.2) is 32.9 Å². The molecule has 2 heterocycles. The van der Waals surface area contributed by atoms with Gasteiger partial charge in [-0.3, -0.25) is 14.5 Å². The van der Waals surface area contributed by atoms with Crippen molar-refractivity contribution in [2.75, 3.05) is 5.75 Å². The lowest BCUT2D eigenvalue weighted by Gasteiger charge is -2.23. The topological polar surface area (TPSA) is 74.7 Å². The molecule has 1 N–H and O–H groups in total. The minimum atomic E-state index is -1.03. The molecule has 1 saturated heterocycles. The zero-order valence-corrected chi connectivity index (χ0v) is 10.3. The summed E-state index contributed by atoms with van der Waals surface area (Å²) in [6.45, 7) is 0.0514. The van der Waals surface area contributed by atoms with E-state index in [2.05, 4.69) is 0 Å². The Labute approximate surface area is 105 Å². The zero-order valence-electron chi connectivity index (χ0n) is 8.71. The summed E-state index contributed by atoms with van der Waals surface area (Å²) in [7, 11) is 0. The van der Waals surface area contributed by atoms with Crippen molar-refractivity contribution in [1.82, 2.24) is 4.90 Å². The summed E-state index contributed by atoms with van der Waals surface area (Å²) in [6.07, 6.45) is 0.322. The third kappa shape index (κ3) is 2.50. The minimum Gasteiger partial charge on any atom is -0.477 e. The fraction of sp³-hybridized carbons (Fsp3) is 0.300. The summed E-state index contributed by atoms with van der Waals surface area (Å²) in [6, 6.07) is 1.63. The first-order chi connectivity index (χ1) is 8.09. The molecule has 2 amide bonds. The van der Waals surface area contributed by atoms with Crippen molar-refractivity contribution in [3.8, 4) is 0 Å². The highest BCUT2D eigenvalue weighted by Gasteiger charge is 2.28. The lowest BCUT2D eigenvalue weighted by Crippen LogP contribution is -2.37.